The van der Waals surface area contributed by atoms with Crippen molar-refractivity contribution in [1.29, 1.82) is 0 Å². The monoisotopic (exact) mass is 239 g/mol. The van der Waals surface area contributed by atoms with Gasteiger partial charge in [-0.2, -0.15) is 0 Å². The van der Waals surface area contributed by atoms with E-state index in [-0.39, 0.29) is 0 Å². The number of nitrogens with zero attached hydrogens (tertiary/aromatic N) is 2. The first kappa shape index (κ1) is 14.0. The minimum Gasteiger partial charge on any atom is -0.385 e. The van der Waals surface area contributed by atoms with Crippen LogP contribution in [0.15, 0.2) is 12.4 Å². The summed E-state index contributed by atoms with van der Waals surface area (Å²) in [5.41, 5.74) is 0. The number of aromatic nitrogens is 2. The fourth-order valence-corrected chi connectivity index (χ4v) is 1.91. The molecular formula is C13H25N3O. The van der Waals surface area contributed by atoms with Crippen molar-refractivity contribution in [3.05, 3.63) is 12.4 Å². The van der Waals surface area contributed by atoms with Crippen LogP contribution in [0.3, 0.4) is 0 Å². The zero-order valence-electron chi connectivity index (χ0n) is 11.4. The molecular weight excluding hydrogens is 214 g/mol. The Morgan fingerprint density at radius 1 is 1.47 bits per heavy atom. The molecule has 0 saturated carbocycles. The third-order valence-electron chi connectivity index (χ3n) is 3.02. The van der Waals surface area contributed by atoms with E-state index in [2.05, 4.69) is 35.6 Å². The molecule has 0 bridgehead atoms. The third kappa shape index (κ3) is 4.38. The minimum atomic E-state index is 0.485. The van der Waals surface area contributed by atoms with E-state index in [0.29, 0.717) is 12.0 Å². The van der Waals surface area contributed by atoms with Crippen LogP contribution in [-0.2, 0) is 11.3 Å². The first-order chi connectivity index (χ1) is 8.19. The highest BCUT2D eigenvalue weighted by Crippen LogP contribution is 2.14. The second-order valence-electron chi connectivity index (χ2n) is 4.69. The summed E-state index contributed by atoms with van der Waals surface area (Å²) in [7, 11) is 1.74. The van der Waals surface area contributed by atoms with Crippen LogP contribution in [0.25, 0.3) is 0 Å². The molecule has 98 valence electrons. The van der Waals surface area contributed by atoms with Gasteiger partial charge in [-0.05, 0) is 18.8 Å². The maximum absolute atomic E-state index is 5.07. The van der Waals surface area contributed by atoms with Crippen LogP contribution in [0, 0.1) is 5.92 Å². The zero-order valence-corrected chi connectivity index (χ0v) is 11.4. The van der Waals surface area contributed by atoms with Crippen LogP contribution in [0.4, 0.5) is 5.95 Å². The van der Waals surface area contributed by atoms with Crippen molar-refractivity contribution in [1.82, 2.24) is 9.55 Å². The van der Waals surface area contributed by atoms with Gasteiger partial charge in [0, 0.05) is 38.7 Å². The molecule has 0 spiro atoms. The van der Waals surface area contributed by atoms with E-state index >= 15 is 0 Å². The molecule has 1 aromatic rings. The van der Waals surface area contributed by atoms with Gasteiger partial charge in [0.15, 0.2) is 0 Å². The lowest BCUT2D eigenvalue weighted by Gasteiger charge is -2.21. The van der Waals surface area contributed by atoms with Crippen LogP contribution < -0.4 is 5.32 Å². The topological polar surface area (TPSA) is 39.1 Å². The molecule has 4 nitrogen and oxygen atoms in total. The standard InChI is InChI=1S/C13H25N3O/c1-5-12(11(2)3)15-13-14-7-9-16(13)8-6-10-17-4/h7,9,11-12H,5-6,8,10H2,1-4H3,(H,14,15). The molecule has 4 heteroatoms. The number of imidazole rings is 1. The van der Waals surface area contributed by atoms with Crippen LogP contribution in [0.1, 0.15) is 33.6 Å². The lowest BCUT2D eigenvalue weighted by atomic mass is 10.0. The summed E-state index contributed by atoms with van der Waals surface area (Å²) < 4.78 is 7.22. The molecule has 17 heavy (non-hydrogen) atoms. The van der Waals surface area contributed by atoms with E-state index in [1.165, 1.54) is 0 Å². The molecule has 0 fully saturated rings. The second-order valence-corrected chi connectivity index (χ2v) is 4.69. The van der Waals surface area contributed by atoms with Crippen LogP contribution in [0.5, 0.6) is 0 Å². The summed E-state index contributed by atoms with van der Waals surface area (Å²) in [6, 6.07) is 0.485. The van der Waals surface area contributed by atoms with Crippen molar-refractivity contribution in [2.75, 3.05) is 19.0 Å². The third-order valence-corrected chi connectivity index (χ3v) is 3.02. The van der Waals surface area contributed by atoms with Gasteiger partial charge in [-0.3, -0.25) is 0 Å². The molecule has 1 aromatic heterocycles. The van der Waals surface area contributed by atoms with Crippen molar-refractivity contribution in [2.45, 2.75) is 46.2 Å². The molecule has 0 aliphatic carbocycles. The molecule has 0 amide bonds. The van der Waals surface area contributed by atoms with Gasteiger partial charge in [0.1, 0.15) is 0 Å². The van der Waals surface area contributed by atoms with Crippen molar-refractivity contribution in [3.8, 4) is 0 Å². The first-order valence-corrected chi connectivity index (χ1v) is 6.45. The normalized spacial score (nSPS) is 13.0. The van der Waals surface area contributed by atoms with Crippen molar-refractivity contribution in [3.63, 3.8) is 0 Å². The van der Waals surface area contributed by atoms with Gasteiger partial charge in [0.05, 0.1) is 0 Å². The molecule has 0 aromatic carbocycles. The van der Waals surface area contributed by atoms with Gasteiger partial charge in [0.25, 0.3) is 0 Å². The number of anilines is 1. The highest BCUT2D eigenvalue weighted by molar-refractivity contribution is 5.27. The fourth-order valence-electron chi connectivity index (χ4n) is 1.91. The smallest absolute Gasteiger partial charge is 0.202 e. The lowest BCUT2D eigenvalue weighted by Crippen LogP contribution is -2.26. The average molecular weight is 239 g/mol. The minimum absolute atomic E-state index is 0.485. The largest absolute Gasteiger partial charge is 0.385 e. The molecule has 0 radical (unpaired) electrons. The predicted molar refractivity (Wildman–Crippen MR) is 71.3 cm³/mol. The van der Waals surface area contributed by atoms with E-state index in [1.807, 2.05) is 12.4 Å². The fraction of sp³-hybridized carbons (Fsp3) is 0.769. The Bertz CT molecular complexity index is 309. The Balaban J connectivity index is 2.55. The zero-order chi connectivity index (χ0) is 12.7. The number of ether oxygens (including phenoxy) is 1. The van der Waals surface area contributed by atoms with E-state index in [4.69, 9.17) is 4.74 Å². The summed E-state index contributed by atoms with van der Waals surface area (Å²) in [6.45, 7) is 8.41. The summed E-state index contributed by atoms with van der Waals surface area (Å²) in [5.74, 6) is 1.59. The van der Waals surface area contributed by atoms with Crippen molar-refractivity contribution < 1.29 is 4.74 Å². The summed E-state index contributed by atoms with van der Waals surface area (Å²) in [5, 5.41) is 3.51. The molecule has 1 rings (SSSR count). The second kappa shape index (κ2) is 7.33. The van der Waals surface area contributed by atoms with Crippen LogP contribution >= 0.6 is 0 Å². The number of methoxy groups -OCH3 is 1. The van der Waals surface area contributed by atoms with E-state index in [0.717, 1.165) is 31.9 Å². The Hall–Kier alpha value is -1.03. The maximum Gasteiger partial charge on any atom is 0.202 e. The SMILES string of the molecule is CCC(Nc1nccn1CCCOC)C(C)C. The first-order valence-electron chi connectivity index (χ1n) is 6.45. The maximum atomic E-state index is 5.07. The number of hydrogen-bond donors (Lipinski definition) is 1. The van der Waals surface area contributed by atoms with Gasteiger partial charge in [0.2, 0.25) is 5.95 Å². The van der Waals surface area contributed by atoms with Gasteiger partial charge >= 0.3 is 0 Å². The predicted octanol–water partition coefficient (Wildman–Crippen LogP) is 2.77. The van der Waals surface area contributed by atoms with E-state index in [9.17, 15) is 0 Å². The molecule has 1 unspecified atom stereocenters. The van der Waals surface area contributed by atoms with E-state index in [1.54, 1.807) is 7.11 Å². The number of rotatable bonds is 8. The van der Waals surface area contributed by atoms with Gasteiger partial charge in [-0.25, -0.2) is 4.98 Å². The Morgan fingerprint density at radius 3 is 2.82 bits per heavy atom. The Kier molecular flexibility index (Phi) is 6.05. The summed E-state index contributed by atoms with van der Waals surface area (Å²) in [4.78, 5) is 4.38. The van der Waals surface area contributed by atoms with Crippen molar-refractivity contribution >= 4 is 5.95 Å². The highest BCUT2D eigenvalue weighted by Gasteiger charge is 2.13. The lowest BCUT2D eigenvalue weighted by molar-refractivity contribution is 0.190. The molecule has 1 heterocycles. The molecule has 0 aliphatic heterocycles. The van der Waals surface area contributed by atoms with Crippen molar-refractivity contribution in [2.24, 2.45) is 5.92 Å². The van der Waals surface area contributed by atoms with Gasteiger partial charge < -0.3 is 14.6 Å². The average Bonchev–Trinajstić information content (AvgIpc) is 2.73. The molecule has 1 atom stereocenters. The Labute approximate surface area is 104 Å². The number of aryl methyl sites for hydroxylation is 1. The highest BCUT2D eigenvalue weighted by atomic mass is 16.5. The molecule has 0 saturated heterocycles. The quantitative estimate of drug-likeness (QED) is 0.709. The van der Waals surface area contributed by atoms with Gasteiger partial charge in [-0.1, -0.05) is 20.8 Å². The Morgan fingerprint density at radius 2 is 2.24 bits per heavy atom. The number of hydrogen-bond acceptors (Lipinski definition) is 3. The summed E-state index contributed by atoms with van der Waals surface area (Å²) in [6.07, 6.45) is 6.00. The number of nitrogens with one attached hydrogen (secondary N) is 1. The van der Waals surface area contributed by atoms with Gasteiger partial charge in [-0.15, -0.1) is 0 Å². The summed E-state index contributed by atoms with van der Waals surface area (Å²) >= 11 is 0. The van der Waals surface area contributed by atoms with E-state index < -0.39 is 0 Å². The molecule has 0 aliphatic rings. The van der Waals surface area contributed by atoms with Crippen LogP contribution in [-0.4, -0.2) is 29.3 Å². The van der Waals surface area contributed by atoms with Crippen LogP contribution in [0.2, 0.25) is 0 Å². The molecule has 1 N–H and O–H groups in total.